The van der Waals surface area contributed by atoms with E-state index in [9.17, 15) is 0 Å². The fourth-order valence-corrected chi connectivity index (χ4v) is 26.4. The Morgan fingerprint density at radius 2 is 1.12 bits per heavy atom. The van der Waals surface area contributed by atoms with Gasteiger partial charge in [-0.15, -0.1) is 24.8 Å². The Morgan fingerprint density at radius 1 is 0.579 bits per heavy atom. The Balaban J connectivity index is 0.00000275. The molecule has 0 heterocycles. The second-order valence-electron chi connectivity index (χ2n) is 18.6. The zero-order chi connectivity index (χ0) is 38.8. The van der Waals surface area contributed by atoms with Crippen LogP contribution in [0.5, 0.6) is 0 Å². The van der Waals surface area contributed by atoms with Crippen molar-refractivity contribution in [3.63, 3.8) is 0 Å². The minimum atomic E-state index is -4.96. The van der Waals surface area contributed by atoms with Crippen LogP contribution in [0.3, 0.4) is 0 Å². The summed E-state index contributed by atoms with van der Waals surface area (Å²) in [5.74, 6) is 0. The van der Waals surface area contributed by atoms with Crippen molar-refractivity contribution >= 4 is 35.6 Å². The SMILES string of the molecule is Cl.Cl.[CH2]=[Zr]([CH2]c1ccccc1)([C]1=CC=CC1)([c]1ccccc1)[c]1c2c(cc(C(C)(C)C)c1-c1ccccc1C)-c1cc(C(C)(C)C)c(-c3ccccc3C)cc1C2. The topological polar surface area (TPSA) is 0 Å². The molecule has 0 fully saturated rings. The fraction of sp³-hybridized carbons (Fsp3) is 0.241. The molecule has 0 unspecified atom stereocenters. The molecule has 292 valence electrons. The molecular formula is C54H58Cl2Zr. The maximum atomic E-state index is 5.93. The number of hydrogen-bond acceptors (Lipinski definition) is 0. The molecule has 0 aromatic heterocycles. The van der Waals surface area contributed by atoms with Gasteiger partial charge in [-0.2, -0.15) is 0 Å². The van der Waals surface area contributed by atoms with Crippen molar-refractivity contribution < 1.29 is 18.3 Å². The molecule has 57 heavy (non-hydrogen) atoms. The summed E-state index contributed by atoms with van der Waals surface area (Å²) in [6.45, 7) is 18.9. The average Bonchev–Trinajstić information content (AvgIpc) is 3.83. The number of rotatable bonds is 7. The third-order valence-electron chi connectivity index (χ3n) is 12.9. The first-order valence-corrected chi connectivity index (χ1v) is 27.4. The van der Waals surface area contributed by atoms with Crippen LogP contribution in [-0.2, 0) is 39.7 Å². The van der Waals surface area contributed by atoms with E-state index in [1.807, 2.05) is 0 Å². The average molecular weight is 869 g/mol. The molecule has 2 aliphatic carbocycles. The summed E-state index contributed by atoms with van der Waals surface area (Å²) in [5.41, 5.74) is 17.9. The van der Waals surface area contributed by atoms with Gasteiger partial charge in [-0.05, 0) is 0 Å². The second-order valence-corrected chi connectivity index (χ2v) is 32.0. The number of aryl methyl sites for hydroxylation is 2. The van der Waals surface area contributed by atoms with Gasteiger partial charge in [0, 0.05) is 0 Å². The van der Waals surface area contributed by atoms with Crippen LogP contribution in [0.25, 0.3) is 33.4 Å². The van der Waals surface area contributed by atoms with Gasteiger partial charge >= 0.3 is 333 Å². The molecule has 6 aromatic carbocycles. The minimum absolute atomic E-state index is 0. The van der Waals surface area contributed by atoms with Crippen LogP contribution in [0.2, 0.25) is 0 Å². The number of hydrogen-bond donors (Lipinski definition) is 0. The predicted molar refractivity (Wildman–Crippen MR) is 252 cm³/mol. The van der Waals surface area contributed by atoms with Gasteiger partial charge in [0.05, 0.1) is 0 Å². The van der Waals surface area contributed by atoms with Crippen LogP contribution in [0, 0.1) is 13.8 Å². The van der Waals surface area contributed by atoms with Gasteiger partial charge in [0.1, 0.15) is 0 Å². The van der Waals surface area contributed by atoms with E-state index in [4.69, 9.17) is 4.21 Å². The van der Waals surface area contributed by atoms with E-state index in [-0.39, 0.29) is 35.6 Å². The van der Waals surface area contributed by atoms with Crippen molar-refractivity contribution in [2.75, 3.05) is 0 Å². The second kappa shape index (κ2) is 15.7. The van der Waals surface area contributed by atoms with Crippen molar-refractivity contribution in [3.05, 3.63) is 188 Å². The number of fused-ring (bicyclic) bond motifs is 3. The molecule has 0 N–H and O–H groups in total. The van der Waals surface area contributed by atoms with Gasteiger partial charge < -0.3 is 0 Å². The summed E-state index contributed by atoms with van der Waals surface area (Å²) in [6, 6.07) is 48.7. The maximum absolute atomic E-state index is 5.93. The Morgan fingerprint density at radius 3 is 1.68 bits per heavy atom. The summed E-state index contributed by atoms with van der Waals surface area (Å²) >= 11 is -4.96. The van der Waals surface area contributed by atoms with Crippen LogP contribution in [0.4, 0.5) is 0 Å². The predicted octanol–water partition coefficient (Wildman–Crippen LogP) is 13.8. The van der Waals surface area contributed by atoms with Gasteiger partial charge in [-0.25, -0.2) is 0 Å². The van der Waals surface area contributed by atoms with Crippen molar-refractivity contribution in [2.45, 2.75) is 83.2 Å². The first-order valence-electron chi connectivity index (χ1n) is 20.2. The van der Waals surface area contributed by atoms with E-state index in [2.05, 4.69) is 201 Å². The molecule has 6 aromatic rings. The molecule has 0 atom stereocenters. The molecular weight excluding hydrogens is 811 g/mol. The monoisotopic (exact) mass is 866 g/mol. The summed E-state index contributed by atoms with van der Waals surface area (Å²) < 4.78 is 11.4. The molecule has 0 radical (unpaired) electrons. The Kier molecular flexibility index (Phi) is 11.8. The first-order chi connectivity index (χ1) is 26.2. The number of benzene rings is 6. The molecule has 0 amide bonds. The molecule has 8 rings (SSSR count). The van der Waals surface area contributed by atoms with E-state index in [0.717, 1.165) is 17.0 Å². The van der Waals surface area contributed by atoms with Gasteiger partial charge in [0.15, 0.2) is 0 Å². The third-order valence-corrected chi connectivity index (χ3v) is 29.1. The summed E-state index contributed by atoms with van der Waals surface area (Å²) in [5, 5.41) is 0. The Hall–Kier alpha value is -3.87. The van der Waals surface area contributed by atoms with Crippen LogP contribution in [0.15, 0.2) is 149 Å². The van der Waals surface area contributed by atoms with Crippen molar-refractivity contribution in [1.29, 1.82) is 0 Å². The van der Waals surface area contributed by atoms with Crippen molar-refractivity contribution in [1.82, 2.24) is 0 Å². The third kappa shape index (κ3) is 7.18. The Labute approximate surface area is 355 Å². The van der Waals surface area contributed by atoms with E-state index in [1.54, 1.807) is 6.55 Å². The summed E-state index contributed by atoms with van der Waals surface area (Å²) in [6.07, 6.45) is 9.00. The molecule has 0 saturated carbocycles. The molecule has 0 spiro atoms. The van der Waals surface area contributed by atoms with Crippen molar-refractivity contribution in [2.24, 2.45) is 0 Å². The number of halogens is 2. The summed E-state index contributed by atoms with van der Waals surface area (Å²) in [7, 11) is 0. The van der Waals surface area contributed by atoms with Gasteiger partial charge in [-0.3, -0.25) is 0 Å². The van der Waals surface area contributed by atoms with E-state index in [0.29, 0.717) is 0 Å². The zero-order valence-corrected chi connectivity index (χ0v) is 39.1. The van der Waals surface area contributed by atoms with E-state index >= 15 is 0 Å². The van der Waals surface area contributed by atoms with Gasteiger partial charge in [0.25, 0.3) is 0 Å². The molecule has 0 bridgehead atoms. The molecule has 2 aliphatic rings. The van der Waals surface area contributed by atoms with Crippen LogP contribution >= 0.6 is 24.8 Å². The van der Waals surface area contributed by atoms with Gasteiger partial charge in [0.2, 0.25) is 0 Å². The standard InChI is InChI=1S/C35H37.C7H7.C6H5.C5H5.CH2.2ClH.Zr/c1-22-13-9-11-15-26(22)30-18-24-17-25-19-31(27-16-12-10-14-23(27)2)33(35(6,7)8)21-29(25)28(24)20-32(30)34(3,4)5;1-7-5-3-2-4-6-7;1-2-4-6-5-3-1;1-2-4-5-3-1;;;;/h9-16,18,20-21H,17H2,1-8H3;2-6H,1H2;1-5H;1-3H,4H2;1H2;2*1H;. The van der Waals surface area contributed by atoms with Crippen LogP contribution in [-0.4, -0.2) is 4.21 Å². The van der Waals surface area contributed by atoms with E-state index in [1.165, 1.54) is 75.6 Å². The number of allylic oxidation sites excluding steroid dienone is 4. The van der Waals surface area contributed by atoms with E-state index < -0.39 is 18.3 Å². The van der Waals surface area contributed by atoms with Crippen molar-refractivity contribution in [3.8, 4) is 33.4 Å². The summed E-state index contributed by atoms with van der Waals surface area (Å²) in [4.78, 5) is 0. The molecule has 0 nitrogen and oxygen atoms in total. The fourth-order valence-electron chi connectivity index (χ4n) is 10.1. The Bertz CT molecular complexity index is 2590. The molecule has 0 aliphatic heterocycles. The van der Waals surface area contributed by atoms with Crippen LogP contribution in [0.1, 0.15) is 86.9 Å². The van der Waals surface area contributed by atoms with Crippen LogP contribution < -0.4 is 6.54 Å². The van der Waals surface area contributed by atoms with Gasteiger partial charge in [-0.1, -0.05) is 0 Å². The first kappa shape index (κ1) is 42.7. The zero-order valence-electron chi connectivity index (χ0n) is 35.0. The normalized spacial score (nSPS) is 13.7. The molecule has 0 saturated heterocycles. The quantitative estimate of drug-likeness (QED) is 0.150. The molecule has 3 heteroatoms.